The maximum Gasteiger partial charge on any atom is 0.336 e. The van der Waals surface area contributed by atoms with E-state index in [-0.39, 0.29) is 5.92 Å². The quantitative estimate of drug-likeness (QED) is 0.789. The van der Waals surface area contributed by atoms with Crippen LogP contribution in [0, 0.1) is 17.2 Å². The minimum atomic E-state index is -0.898. The SMILES string of the molecule is N#CC1CCc2c(c3ccccc3n2Cc2ccccc2C(=O)O)C1. The molecule has 4 rings (SSSR count). The Morgan fingerprint density at radius 3 is 2.76 bits per heavy atom. The van der Waals surface area contributed by atoms with E-state index < -0.39 is 5.97 Å². The van der Waals surface area contributed by atoms with Crippen molar-refractivity contribution >= 4 is 16.9 Å². The second-order valence-corrected chi connectivity index (χ2v) is 6.56. The van der Waals surface area contributed by atoms with Crippen molar-refractivity contribution < 1.29 is 9.90 Å². The van der Waals surface area contributed by atoms with Crippen LogP contribution in [0.1, 0.15) is 33.6 Å². The zero-order chi connectivity index (χ0) is 17.4. The highest BCUT2D eigenvalue weighted by Gasteiger charge is 2.25. The maximum absolute atomic E-state index is 11.5. The molecule has 0 saturated heterocycles. The third-order valence-corrected chi connectivity index (χ3v) is 5.13. The van der Waals surface area contributed by atoms with Gasteiger partial charge in [-0.05, 0) is 42.5 Å². The molecule has 0 aliphatic heterocycles. The van der Waals surface area contributed by atoms with E-state index in [4.69, 9.17) is 0 Å². The molecule has 2 aromatic carbocycles. The number of aromatic nitrogens is 1. The smallest absolute Gasteiger partial charge is 0.336 e. The first-order valence-electron chi connectivity index (χ1n) is 8.49. The number of para-hydroxylation sites is 1. The highest BCUT2D eigenvalue weighted by Crippen LogP contribution is 2.34. The summed E-state index contributed by atoms with van der Waals surface area (Å²) in [5.74, 6) is -0.830. The molecule has 0 saturated carbocycles. The van der Waals surface area contributed by atoms with Gasteiger partial charge in [-0.15, -0.1) is 0 Å². The molecule has 0 amide bonds. The molecule has 0 spiro atoms. The number of carboxylic acids is 1. The van der Waals surface area contributed by atoms with Crippen LogP contribution in [0.5, 0.6) is 0 Å². The van der Waals surface area contributed by atoms with Crippen molar-refractivity contribution in [2.75, 3.05) is 0 Å². The van der Waals surface area contributed by atoms with E-state index in [1.807, 2.05) is 24.3 Å². The largest absolute Gasteiger partial charge is 0.478 e. The molecule has 4 nitrogen and oxygen atoms in total. The highest BCUT2D eigenvalue weighted by atomic mass is 16.4. The number of aromatic carboxylic acids is 1. The van der Waals surface area contributed by atoms with Crippen LogP contribution in [-0.2, 0) is 19.4 Å². The van der Waals surface area contributed by atoms with Gasteiger partial charge in [0.15, 0.2) is 0 Å². The summed E-state index contributed by atoms with van der Waals surface area (Å²) in [6.07, 6.45) is 2.50. The lowest BCUT2D eigenvalue weighted by Crippen LogP contribution is -2.16. The lowest BCUT2D eigenvalue weighted by molar-refractivity contribution is 0.0695. The van der Waals surface area contributed by atoms with Gasteiger partial charge < -0.3 is 9.67 Å². The second-order valence-electron chi connectivity index (χ2n) is 6.56. The molecule has 1 unspecified atom stereocenters. The summed E-state index contributed by atoms with van der Waals surface area (Å²) < 4.78 is 2.24. The number of fused-ring (bicyclic) bond motifs is 3. The number of rotatable bonds is 3. The fraction of sp³-hybridized carbons (Fsp3) is 0.238. The molecular formula is C21H18N2O2. The van der Waals surface area contributed by atoms with Crippen LogP contribution in [0.25, 0.3) is 10.9 Å². The van der Waals surface area contributed by atoms with Gasteiger partial charge in [0.1, 0.15) is 0 Å². The number of hydrogen-bond donors (Lipinski definition) is 1. The normalized spacial score (nSPS) is 16.4. The van der Waals surface area contributed by atoms with Crippen LogP contribution in [0.3, 0.4) is 0 Å². The molecule has 1 heterocycles. The van der Waals surface area contributed by atoms with Crippen molar-refractivity contribution in [2.24, 2.45) is 5.92 Å². The summed E-state index contributed by atoms with van der Waals surface area (Å²) in [4.78, 5) is 11.5. The van der Waals surface area contributed by atoms with E-state index in [0.29, 0.717) is 12.1 Å². The maximum atomic E-state index is 11.5. The Bertz CT molecular complexity index is 1010. The van der Waals surface area contributed by atoms with Crippen LogP contribution < -0.4 is 0 Å². The van der Waals surface area contributed by atoms with E-state index in [1.54, 1.807) is 12.1 Å². The Morgan fingerprint density at radius 2 is 1.96 bits per heavy atom. The van der Waals surface area contributed by atoms with E-state index in [2.05, 4.69) is 22.8 Å². The van der Waals surface area contributed by atoms with Gasteiger partial charge in [0, 0.05) is 23.1 Å². The van der Waals surface area contributed by atoms with E-state index in [1.165, 1.54) is 16.6 Å². The van der Waals surface area contributed by atoms with Gasteiger partial charge in [-0.3, -0.25) is 0 Å². The van der Waals surface area contributed by atoms with Gasteiger partial charge in [-0.25, -0.2) is 4.79 Å². The second kappa shape index (κ2) is 6.10. The molecule has 4 heteroatoms. The van der Waals surface area contributed by atoms with Gasteiger partial charge in [-0.2, -0.15) is 5.26 Å². The average Bonchev–Trinajstić information content (AvgIpc) is 2.95. The molecule has 1 atom stereocenters. The molecule has 1 aliphatic carbocycles. The van der Waals surface area contributed by atoms with Crippen molar-refractivity contribution in [1.29, 1.82) is 5.26 Å². The van der Waals surface area contributed by atoms with Crippen molar-refractivity contribution in [3.63, 3.8) is 0 Å². The Labute approximate surface area is 145 Å². The molecule has 124 valence electrons. The third-order valence-electron chi connectivity index (χ3n) is 5.13. The molecule has 0 fully saturated rings. The van der Waals surface area contributed by atoms with Crippen LogP contribution in [0.15, 0.2) is 48.5 Å². The van der Waals surface area contributed by atoms with Crippen molar-refractivity contribution in [2.45, 2.75) is 25.8 Å². The van der Waals surface area contributed by atoms with Gasteiger partial charge in [0.05, 0.1) is 17.6 Å². The van der Waals surface area contributed by atoms with Crippen LogP contribution in [0.2, 0.25) is 0 Å². The minimum Gasteiger partial charge on any atom is -0.478 e. The standard InChI is InChI=1S/C21H18N2O2/c22-12-14-9-10-20-18(11-14)17-7-3-4-8-19(17)23(20)13-15-5-1-2-6-16(15)21(24)25/h1-8,14H,9-11,13H2,(H,24,25). The summed E-state index contributed by atoms with van der Waals surface area (Å²) in [7, 11) is 0. The zero-order valence-electron chi connectivity index (χ0n) is 13.8. The van der Waals surface area contributed by atoms with E-state index >= 15 is 0 Å². The molecule has 1 aromatic heterocycles. The molecule has 25 heavy (non-hydrogen) atoms. The van der Waals surface area contributed by atoms with E-state index in [0.717, 1.165) is 30.3 Å². The summed E-state index contributed by atoms with van der Waals surface area (Å²) in [5, 5.41) is 20.0. The lowest BCUT2D eigenvalue weighted by atomic mass is 9.87. The van der Waals surface area contributed by atoms with Gasteiger partial charge in [0.25, 0.3) is 0 Å². The number of carboxylic acid groups (broad SMARTS) is 1. The first kappa shape index (κ1) is 15.5. The van der Waals surface area contributed by atoms with Crippen LogP contribution in [0.4, 0.5) is 0 Å². The Morgan fingerprint density at radius 1 is 1.20 bits per heavy atom. The molecule has 1 aliphatic rings. The summed E-state index contributed by atoms with van der Waals surface area (Å²) in [6.45, 7) is 0.537. The summed E-state index contributed by atoms with van der Waals surface area (Å²) in [6, 6.07) is 17.8. The molecule has 1 N–H and O–H groups in total. The minimum absolute atomic E-state index is 0.0676. The van der Waals surface area contributed by atoms with Crippen LogP contribution >= 0.6 is 0 Å². The fourth-order valence-electron chi connectivity index (χ4n) is 3.93. The number of hydrogen-bond acceptors (Lipinski definition) is 2. The highest BCUT2D eigenvalue weighted by molar-refractivity contribution is 5.90. The predicted octanol–water partition coefficient (Wildman–Crippen LogP) is 4.02. The van der Waals surface area contributed by atoms with Crippen molar-refractivity contribution in [1.82, 2.24) is 4.57 Å². The van der Waals surface area contributed by atoms with Gasteiger partial charge in [-0.1, -0.05) is 36.4 Å². The molecular weight excluding hydrogens is 312 g/mol. The van der Waals surface area contributed by atoms with Crippen molar-refractivity contribution in [3.8, 4) is 6.07 Å². The van der Waals surface area contributed by atoms with Gasteiger partial charge in [0.2, 0.25) is 0 Å². The Kier molecular flexibility index (Phi) is 3.77. The van der Waals surface area contributed by atoms with Crippen molar-refractivity contribution in [3.05, 3.63) is 70.9 Å². The number of nitrogens with zero attached hydrogens (tertiary/aromatic N) is 2. The van der Waals surface area contributed by atoms with Gasteiger partial charge >= 0.3 is 5.97 Å². The Hall–Kier alpha value is -3.06. The lowest BCUT2D eigenvalue weighted by Gasteiger charge is -2.20. The predicted molar refractivity (Wildman–Crippen MR) is 95.6 cm³/mol. The molecule has 0 bridgehead atoms. The van der Waals surface area contributed by atoms with E-state index in [9.17, 15) is 15.2 Å². The Balaban J connectivity index is 1.87. The summed E-state index contributed by atoms with van der Waals surface area (Å²) >= 11 is 0. The fourth-order valence-corrected chi connectivity index (χ4v) is 3.93. The summed E-state index contributed by atoms with van der Waals surface area (Å²) in [5.41, 5.74) is 4.76. The first-order valence-corrected chi connectivity index (χ1v) is 8.49. The number of nitriles is 1. The molecule has 3 aromatic rings. The number of carbonyl (C=O) groups is 1. The topological polar surface area (TPSA) is 66.0 Å². The van der Waals surface area contributed by atoms with Crippen LogP contribution in [-0.4, -0.2) is 15.6 Å². The first-order chi connectivity index (χ1) is 12.2. The molecule has 0 radical (unpaired) electrons. The monoisotopic (exact) mass is 330 g/mol. The average molecular weight is 330 g/mol. The number of benzene rings is 2. The zero-order valence-corrected chi connectivity index (χ0v) is 13.8. The third kappa shape index (κ3) is 2.58.